The molecule has 1 heterocycles. The summed E-state index contributed by atoms with van der Waals surface area (Å²) in [6, 6.07) is 86.0. The number of amidine groups is 2. The molecule has 0 aromatic heterocycles. The van der Waals surface area contributed by atoms with Gasteiger partial charge in [-0.05, 0) is 100 Å². The quantitative estimate of drug-likeness (QED) is 0.178. The zero-order valence-electron chi connectivity index (χ0n) is 35.5. The molecule has 10 aromatic carbocycles. The summed E-state index contributed by atoms with van der Waals surface area (Å²) in [4.78, 5) is 10.5. The van der Waals surface area contributed by atoms with Crippen molar-refractivity contribution in [1.82, 2.24) is 5.32 Å². The topological polar surface area (TPSA) is 36.8 Å². The highest BCUT2D eigenvalue weighted by atomic mass is 15.2. The van der Waals surface area contributed by atoms with E-state index in [0.717, 1.165) is 33.7 Å². The third-order valence-corrected chi connectivity index (χ3v) is 13.8. The van der Waals surface area contributed by atoms with Gasteiger partial charge in [-0.3, -0.25) is 0 Å². The summed E-state index contributed by atoms with van der Waals surface area (Å²) in [6.07, 6.45) is -0.311. The number of hydrogen-bond donors (Lipinski definition) is 1. The van der Waals surface area contributed by atoms with Crippen LogP contribution in [-0.4, -0.2) is 11.7 Å². The monoisotopic (exact) mass is 827 g/mol. The van der Waals surface area contributed by atoms with Crippen molar-refractivity contribution < 1.29 is 0 Å². The van der Waals surface area contributed by atoms with Gasteiger partial charge in [-0.1, -0.05) is 231 Å². The van der Waals surface area contributed by atoms with Crippen LogP contribution in [0.5, 0.6) is 0 Å². The predicted octanol–water partition coefficient (Wildman–Crippen LogP) is 14.7. The lowest BCUT2D eigenvalue weighted by Crippen LogP contribution is -2.33. The fraction of sp³-hybridized carbons (Fsp3) is 0.0323. The van der Waals surface area contributed by atoms with Crippen LogP contribution in [0.3, 0.4) is 0 Å². The summed E-state index contributed by atoms with van der Waals surface area (Å²) in [6.45, 7) is 0. The molecule has 2 aliphatic carbocycles. The van der Waals surface area contributed by atoms with Crippen LogP contribution in [0.2, 0.25) is 0 Å². The van der Waals surface area contributed by atoms with Gasteiger partial charge in [0.1, 0.15) is 12.0 Å². The Hall–Kier alpha value is -8.40. The molecule has 3 aliphatic rings. The Morgan fingerprint density at radius 3 is 1.63 bits per heavy atom. The molecule has 1 atom stereocenters. The molecule has 304 valence electrons. The number of aliphatic imine (C=N–C) groups is 2. The van der Waals surface area contributed by atoms with E-state index in [-0.39, 0.29) is 6.17 Å². The molecule has 0 saturated heterocycles. The van der Waals surface area contributed by atoms with Crippen LogP contribution in [0.25, 0.3) is 66.4 Å². The number of rotatable bonds is 6. The van der Waals surface area contributed by atoms with Gasteiger partial charge in [-0.15, -0.1) is 0 Å². The highest BCUT2D eigenvalue weighted by Gasteiger charge is 2.52. The van der Waals surface area contributed by atoms with Crippen molar-refractivity contribution in [1.29, 1.82) is 0 Å². The Morgan fingerprint density at radius 1 is 0.354 bits per heavy atom. The lowest BCUT2D eigenvalue weighted by atomic mass is 9.70. The molecule has 65 heavy (non-hydrogen) atoms. The van der Waals surface area contributed by atoms with Crippen molar-refractivity contribution in [3.63, 3.8) is 0 Å². The van der Waals surface area contributed by atoms with Gasteiger partial charge in [-0.25, -0.2) is 9.98 Å². The van der Waals surface area contributed by atoms with Crippen molar-refractivity contribution in [3.05, 3.63) is 276 Å². The molecule has 0 fully saturated rings. The fourth-order valence-corrected chi connectivity index (χ4v) is 11.0. The second-order valence-electron chi connectivity index (χ2n) is 17.2. The Bertz CT molecular complexity index is 3520. The van der Waals surface area contributed by atoms with E-state index in [0.29, 0.717) is 5.84 Å². The summed E-state index contributed by atoms with van der Waals surface area (Å²) >= 11 is 0. The SMILES string of the molecule is c1ccc(-c2ccc(C3=NC(c4ccccc4)NC(c4cccc(-c5c(-c6cccc7c6-c6ccccc6C76c7ccccc7-c7ccccc76)ccc6ccccc56)c4)=N3)cc2)cc1. The van der Waals surface area contributed by atoms with Gasteiger partial charge in [0.15, 0.2) is 5.84 Å². The van der Waals surface area contributed by atoms with E-state index >= 15 is 0 Å². The molecule has 3 nitrogen and oxygen atoms in total. The van der Waals surface area contributed by atoms with Crippen LogP contribution in [0.4, 0.5) is 0 Å². The van der Waals surface area contributed by atoms with Crippen LogP contribution < -0.4 is 5.32 Å². The van der Waals surface area contributed by atoms with Gasteiger partial charge in [-0.2, -0.15) is 0 Å². The molecular formula is C62H41N3. The Morgan fingerprint density at radius 2 is 0.877 bits per heavy atom. The van der Waals surface area contributed by atoms with Gasteiger partial charge in [0.05, 0.1) is 5.41 Å². The first-order valence-corrected chi connectivity index (χ1v) is 22.4. The molecule has 0 bridgehead atoms. The van der Waals surface area contributed by atoms with E-state index in [2.05, 4.69) is 230 Å². The second kappa shape index (κ2) is 14.9. The minimum Gasteiger partial charge on any atom is -0.344 e. The summed E-state index contributed by atoms with van der Waals surface area (Å²) in [5.41, 5.74) is 20.3. The number of nitrogens with one attached hydrogen (secondary N) is 1. The van der Waals surface area contributed by atoms with Crippen LogP contribution in [0, 0.1) is 0 Å². The van der Waals surface area contributed by atoms with Crippen LogP contribution >= 0.6 is 0 Å². The zero-order chi connectivity index (χ0) is 42.9. The van der Waals surface area contributed by atoms with Crippen molar-refractivity contribution in [2.24, 2.45) is 9.98 Å². The average molecular weight is 828 g/mol. The normalized spacial score (nSPS) is 15.0. The second-order valence-corrected chi connectivity index (χ2v) is 17.2. The molecule has 10 aromatic rings. The van der Waals surface area contributed by atoms with E-state index in [1.807, 2.05) is 12.1 Å². The number of hydrogen-bond acceptors (Lipinski definition) is 3. The van der Waals surface area contributed by atoms with E-state index in [9.17, 15) is 0 Å². The first-order valence-electron chi connectivity index (χ1n) is 22.4. The fourth-order valence-electron chi connectivity index (χ4n) is 11.0. The molecular weight excluding hydrogens is 787 g/mol. The van der Waals surface area contributed by atoms with Crippen LogP contribution in [0.15, 0.2) is 247 Å². The molecule has 3 heteroatoms. The summed E-state index contributed by atoms with van der Waals surface area (Å²) in [7, 11) is 0. The van der Waals surface area contributed by atoms with E-state index in [4.69, 9.17) is 9.98 Å². The lowest BCUT2D eigenvalue weighted by Gasteiger charge is -2.30. The maximum Gasteiger partial charge on any atom is 0.159 e. The smallest absolute Gasteiger partial charge is 0.159 e. The summed E-state index contributed by atoms with van der Waals surface area (Å²) in [5, 5.41) is 6.14. The maximum atomic E-state index is 5.28. The average Bonchev–Trinajstić information content (AvgIpc) is 3.86. The number of benzene rings is 10. The molecule has 1 N–H and O–H groups in total. The van der Waals surface area contributed by atoms with Crippen molar-refractivity contribution in [2.75, 3.05) is 0 Å². The summed E-state index contributed by atoms with van der Waals surface area (Å²) in [5.74, 6) is 1.49. The third kappa shape index (κ3) is 5.76. The Kier molecular flexibility index (Phi) is 8.50. The van der Waals surface area contributed by atoms with E-state index in [1.165, 1.54) is 77.5 Å². The molecule has 13 rings (SSSR count). The third-order valence-electron chi connectivity index (χ3n) is 13.8. The molecule has 1 aliphatic heterocycles. The number of nitrogens with zero attached hydrogens (tertiary/aromatic N) is 2. The first-order chi connectivity index (χ1) is 32.2. The van der Waals surface area contributed by atoms with Crippen molar-refractivity contribution >= 4 is 22.4 Å². The highest BCUT2D eigenvalue weighted by Crippen LogP contribution is 2.64. The van der Waals surface area contributed by atoms with Gasteiger partial charge < -0.3 is 5.32 Å². The largest absolute Gasteiger partial charge is 0.344 e. The minimum absolute atomic E-state index is 0.311. The van der Waals surface area contributed by atoms with Crippen LogP contribution in [0.1, 0.15) is 45.1 Å². The lowest BCUT2D eigenvalue weighted by molar-refractivity contribution is 0.674. The standard InChI is InChI=1S/C62H41N3/c1-3-17-40(18-4-1)41-33-35-44(36-34-41)60-63-59(43-20-5-2-6-21-43)64-61(65-60)46-23-15-22-45(39-46)57-47-24-8-7-19-42(47)37-38-51(57)50-28-16-32-56-58(50)52-27-11-14-31-55(52)62(56)53-29-12-9-25-48(53)49-26-10-13-30-54(49)62/h1-39,59H,(H,63,64,65). The van der Waals surface area contributed by atoms with Gasteiger partial charge in [0.2, 0.25) is 0 Å². The predicted molar refractivity (Wildman–Crippen MR) is 268 cm³/mol. The van der Waals surface area contributed by atoms with Gasteiger partial charge >= 0.3 is 0 Å². The van der Waals surface area contributed by atoms with Crippen molar-refractivity contribution in [2.45, 2.75) is 11.6 Å². The van der Waals surface area contributed by atoms with E-state index in [1.54, 1.807) is 0 Å². The van der Waals surface area contributed by atoms with E-state index < -0.39 is 5.41 Å². The highest BCUT2D eigenvalue weighted by molar-refractivity contribution is 6.14. The van der Waals surface area contributed by atoms with Crippen molar-refractivity contribution in [3.8, 4) is 55.6 Å². The van der Waals surface area contributed by atoms with Crippen LogP contribution in [-0.2, 0) is 5.41 Å². The minimum atomic E-state index is -0.423. The maximum absolute atomic E-state index is 5.28. The van der Waals surface area contributed by atoms with Gasteiger partial charge in [0, 0.05) is 11.1 Å². The number of fused-ring (bicyclic) bond motifs is 11. The Labute approximate surface area is 378 Å². The Balaban J connectivity index is 0.984. The first kappa shape index (κ1) is 37.2. The molecule has 1 spiro atoms. The molecule has 0 saturated carbocycles. The molecule has 0 amide bonds. The van der Waals surface area contributed by atoms with Gasteiger partial charge in [0.25, 0.3) is 0 Å². The summed E-state index contributed by atoms with van der Waals surface area (Å²) < 4.78 is 0. The molecule has 1 unspecified atom stereocenters. The zero-order valence-corrected chi connectivity index (χ0v) is 35.5. The molecule has 0 radical (unpaired) electrons.